The van der Waals surface area contributed by atoms with Crippen LogP contribution in [-0.4, -0.2) is 55.0 Å². The molecule has 5 nitrogen and oxygen atoms in total. The van der Waals surface area contributed by atoms with Crippen molar-refractivity contribution in [1.82, 2.24) is 10.2 Å². The maximum Gasteiger partial charge on any atom is 0.224 e. The van der Waals surface area contributed by atoms with Crippen LogP contribution in [0.5, 0.6) is 0 Å². The van der Waals surface area contributed by atoms with Crippen molar-refractivity contribution in [1.29, 1.82) is 0 Å². The maximum atomic E-state index is 13.3. The Kier molecular flexibility index (Phi) is 5.18. The minimum absolute atomic E-state index is 0.0451. The summed E-state index contributed by atoms with van der Waals surface area (Å²) >= 11 is 0. The van der Waals surface area contributed by atoms with Crippen LogP contribution in [0, 0.1) is 11.6 Å². The Morgan fingerprint density at radius 2 is 1.78 bits per heavy atom. The smallest absolute Gasteiger partial charge is 0.224 e. The first-order valence-electron chi connectivity index (χ1n) is 9.74. The van der Waals surface area contributed by atoms with Gasteiger partial charge in [-0.25, -0.2) is 8.78 Å². The van der Waals surface area contributed by atoms with Crippen LogP contribution in [0.1, 0.15) is 37.7 Å². The zero-order valence-corrected chi connectivity index (χ0v) is 15.4. The van der Waals surface area contributed by atoms with Crippen molar-refractivity contribution in [3.63, 3.8) is 0 Å². The molecule has 0 atom stereocenters. The SMILES string of the molecule is O=C(Cc1ccc(F)c(F)c1)NCC1(N2CCC2)CCC2(CC1)OCCO2. The predicted octanol–water partition coefficient (Wildman–Crippen LogP) is 2.39. The first kappa shape index (κ1) is 18.8. The third-order valence-electron chi connectivity index (χ3n) is 6.25. The van der Waals surface area contributed by atoms with E-state index in [2.05, 4.69) is 10.2 Å². The quantitative estimate of drug-likeness (QED) is 0.852. The Morgan fingerprint density at radius 1 is 1.07 bits per heavy atom. The minimum atomic E-state index is -0.925. The van der Waals surface area contributed by atoms with Crippen LogP contribution in [0.4, 0.5) is 8.78 Å². The molecule has 27 heavy (non-hydrogen) atoms. The second-order valence-electron chi connectivity index (χ2n) is 7.87. The van der Waals surface area contributed by atoms with Gasteiger partial charge >= 0.3 is 0 Å². The monoisotopic (exact) mass is 380 g/mol. The van der Waals surface area contributed by atoms with E-state index in [-0.39, 0.29) is 17.9 Å². The fourth-order valence-electron chi connectivity index (χ4n) is 4.44. The highest BCUT2D eigenvalue weighted by molar-refractivity contribution is 5.78. The lowest BCUT2D eigenvalue weighted by Gasteiger charge is -2.53. The molecule has 1 aliphatic carbocycles. The van der Waals surface area contributed by atoms with Gasteiger partial charge < -0.3 is 14.8 Å². The van der Waals surface area contributed by atoms with Crippen molar-refractivity contribution in [2.75, 3.05) is 32.8 Å². The van der Waals surface area contributed by atoms with Crippen LogP contribution >= 0.6 is 0 Å². The number of rotatable bonds is 5. The topological polar surface area (TPSA) is 50.8 Å². The molecule has 148 valence electrons. The molecule has 1 aromatic rings. The lowest BCUT2D eigenvalue weighted by atomic mass is 9.76. The van der Waals surface area contributed by atoms with E-state index in [9.17, 15) is 13.6 Å². The van der Waals surface area contributed by atoms with Gasteiger partial charge in [0.1, 0.15) is 0 Å². The number of amides is 1. The molecule has 0 radical (unpaired) electrons. The highest BCUT2D eigenvalue weighted by Crippen LogP contribution is 2.44. The highest BCUT2D eigenvalue weighted by Gasteiger charge is 2.49. The molecule has 1 amide bonds. The fourth-order valence-corrected chi connectivity index (χ4v) is 4.44. The zero-order chi connectivity index (χ0) is 18.9. The summed E-state index contributed by atoms with van der Waals surface area (Å²) < 4.78 is 38.0. The van der Waals surface area contributed by atoms with Gasteiger partial charge in [0.15, 0.2) is 17.4 Å². The average molecular weight is 380 g/mol. The van der Waals surface area contributed by atoms with Gasteiger partial charge in [-0.15, -0.1) is 0 Å². The van der Waals surface area contributed by atoms with Crippen molar-refractivity contribution in [2.45, 2.75) is 49.9 Å². The third-order valence-corrected chi connectivity index (χ3v) is 6.25. The van der Waals surface area contributed by atoms with E-state index >= 15 is 0 Å². The molecule has 2 aliphatic heterocycles. The third kappa shape index (κ3) is 3.86. The van der Waals surface area contributed by atoms with E-state index in [1.807, 2.05) is 0 Å². The normalized spacial score (nSPS) is 23.9. The summed E-state index contributed by atoms with van der Waals surface area (Å²) in [4.78, 5) is 14.8. The number of hydrogen-bond acceptors (Lipinski definition) is 4. The number of halogens is 2. The van der Waals surface area contributed by atoms with Crippen molar-refractivity contribution in [2.24, 2.45) is 0 Å². The number of carbonyl (C=O) groups excluding carboxylic acids is 1. The number of benzene rings is 1. The van der Waals surface area contributed by atoms with Crippen LogP contribution < -0.4 is 5.32 Å². The van der Waals surface area contributed by atoms with Crippen molar-refractivity contribution in [3.05, 3.63) is 35.4 Å². The van der Waals surface area contributed by atoms with E-state index in [0.717, 1.165) is 50.9 Å². The molecular formula is C20H26F2N2O3. The van der Waals surface area contributed by atoms with E-state index in [1.165, 1.54) is 12.5 Å². The van der Waals surface area contributed by atoms with Crippen LogP contribution in [0.2, 0.25) is 0 Å². The van der Waals surface area contributed by atoms with E-state index in [0.29, 0.717) is 25.3 Å². The molecule has 1 aromatic carbocycles. The largest absolute Gasteiger partial charge is 0.354 e. The molecule has 0 unspecified atom stereocenters. The first-order chi connectivity index (χ1) is 13.0. The van der Waals surface area contributed by atoms with Gasteiger partial charge in [0, 0.05) is 24.9 Å². The Morgan fingerprint density at radius 3 is 2.37 bits per heavy atom. The molecule has 0 bridgehead atoms. The number of carbonyl (C=O) groups is 1. The molecule has 2 saturated heterocycles. The lowest BCUT2D eigenvalue weighted by molar-refractivity contribution is -0.197. The summed E-state index contributed by atoms with van der Waals surface area (Å²) in [6.45, 7) is 3.97. The lowest BCUT2D eigenvalue weighted by Crippen LogP contribution is -2.63. The summed E-state index contributed by atoms with van der Waals surface area (Å²) in [5, 5.41) is 3.03. The summed E-state index contributed by atoms with van der Waals surface area (Å²) in [7, 11) is 0. The van der Waals surface area contributed by atoms with Crippen LogP contribution in [0.25, 0.3) is 0 Å². The van der Waals surface area contributed by atoms with Gasteiger partial charge in [0.25, 0.3) is 0 Å². The van der Waals surface area contributed by atoms with Crippen molar-refractivity contribution < 1.29 is 23.0 Å². The van der Waals surface area contributed by atoms with Gasteiger partial charge in [-0.3, -0.25) is 9.69 Å². The second-order valence-corrected chi connectivity index (χ2v) is 7.87. The van der Waals surface area contributed by atoms with Gasteiger partial charge in [-0.1, -0.05) is 6.07 Å². The number of hydrogen-bond donors (Lipinski definition) is 1. The molecule has 0 aromatic heterocycles. The van der Waals surface area contributed by atoms with Gasteiger partial charge in [-0.05, 0) is 50.0 Å². The van der Waals surface area contributed by atoms with Gasteiger partial charge in [0.05, 0.1) is 19.6 Å². The first-order valence-corrected chi connectivity index (χ1v) is 9.74. The van der Waals surface area contributed by atoms with Crippen LogP contribution in [0.3, 0.4) is 0 Å². The van der Waals surface area contributed by atoms with E-state index in [4.69, 9.17) is 9.47 Å². The second kappa shape index (κ2) is 7.45. The molecule has 1 N–H and O–H groups in total. The number of likely N-dealkylation sites (tertiary alicyclic amines) is 1. The van der Waals surface area contributed by atoms with Crippen LogP contribution in [0.15, 0.2) is 18.2 Å². The van der Waals surface area contributed by atoms with Gasteiger partial charge in [-0.2, -0.15) is 0 Å². The van der Waals surface area contributed by atoms with E-state index in [1.54, 1.807) is 0 Å². The predicted molar refractivity (Wildman–Crippen MR) is 95.1 cm³/mol. The number of ether oxygens (including phenoxy) is 2. The molecule has 7 heteroatoms. The molecule has 1 saturated carbocycles. The van der Waals surface area contributed by atoms with Crippen molar-refractivity contribution in [3.8, 4) is 0 Å². The molecule has 2 heterocycles. The fraction of sp³-hybridized carbons (Fsp3) is 0.650. The van der Waals surface area contributed by atoms with Gasteiger partial charge in [0.2, 0.25) is 5.91 Å². The minimum Gasteiger partial charge on any atom is -0.354 e. The van der Waals surface area contributed by atoms with E-state index < -0.39 is 17.4 Å². The zero-order valence-electron chi connectivity index (χ0n) is 15.4. The molecule has 4 rings (SSSR count). The van der Waals surface area contributed by atoms with Crippen LogP contribution in [-0.2, 0) is 20.7 Å². The standard InChI is InChI=1S/C20H26F2N2O3/c21-16-3-2-15(12-17(16)22)13-18(25)23-14-19(24-8-1-9-24)4-6-20(7-5-19)26-10-11-27-20/h2-3,12H,1,4-11,13-14H2,(H,23,25). The van der Waals surface area contributed by atoms with Crippen molar-refractivity contribution >= 4 is 5.91 Å². The number of nitrogens with one attached hydrogen (secondary N) is 1. The summed E-state index contributed by atoms with van der Waals surface area (Å²) in [6.07, 6.45) is 4.73. The Balaban J connectivity index is 1.36. The summed E-state index contributed by atoms with van der Waals surface area (Å²) in [5.41, 5.74) is 0.405. The summed E-state index contributed by atoms with van der Waals surface area (Å²) in [5.74, 6) is -2.42. The maximum absolute atomic E-state index is 13.3. The molecule has 3 fully saturated rings. The average Bonchev–Trinajstić information content (AvgIpc) is 3.06. The number of nitrogens with zero attached hydrogens (tertiary/aromatic N) is 1. The Bertz CT molecular complexity index is 692. The highest BCUT2D eigenvalue weighted by atomic mass is 19.2. The summed E-state index contributed by atoms with van der Waals surface area (Å²) in [6, 6.07) is 3.59. The Hall–Kier alpha value is -1.57. The molecule has 3 aliphatic rings. The molecular weight excluding hydrogens is 354 g/mol. The molecule has 1 spiro atoms. The Labute approximate surface area is 158 Å².